The number of carbonyl (C=O) groups is 3. The Bertz CT molecular complexity index is 1190. The van der Waals surface area contributed by atoms with Gasteiger partial charge < -0.3 is 9.47 Å². The van der Waals surface area contributed by atoms with E-state index in [1.54, 1.807) is 52.0 Å². The monoisotopic (exact) mass is 539 g/mol. The van der Waals surface area contributed by atoms with Crippen molar-refractivity contribution in [2.45, 2.75) is 66.2 Å². The normalized spacial score (nSPS) is 23.0. The number of imide groups is 1. The van der Waals surface area contributed by atoms with Crippen molar-refractivity contribution < 1.29 is 28.2 Å². The molecule has 0 saturated heterocycles. The number of fused-ring (bicyclic) bond motifs is 1. The van der Waals surface area contributed by atoms with Gasteiger partial charge in [0, 0.05) is 24.2 Å². The van der Waals surface area contributed by atoms with E-state index in [1.165, 1.54) is 9.80 Å². The molecule has 210 valence electrons. The van der Waals surface area contributed by atoms with Gasteiger partial charge in [-0.15, -0.1) is 0 Å². The molecule has 0 bridgehead atoms. The number of hydrogen-bond donors (Lipinski definition) is 0. The fourth-order valence-electron chi connectivity index (χ4n) is 4.65. The smallest absolute Gasteiger partial charge is 0.264 e. The molecule has 0 saturated carbocycles. The number of ether oxygens (including phenoxy) is 2. The van der Waals surface area contributed by atoms with Gasteiger partial charge in [-0.25, -0.2) is 4.39 Å². The second-order valence-corrected chi connectivity index (χ2v) is 9.67. The molecule has 3 unspecified atom stereocenters. The minimum Gasteiger partial charge on any atom is -0.491 e. The molecule has 0 N–H and O–H groups in total. The molecule has 9 heteroatoms. The molecular weight excluding hydrogens is 501 g/mol. The Kier molecular flexibility index (Phi) is 10.3. The lowest BCUT2D eigenvalue weighted by Crippen LogP contribution is -2.48. The van der Waals surface area contributed by atoms with Crippen molar-refractivity contribution in [3.63, 3.8) is 0 Å². The van der Waals surface area contributed by atoms with Crippen molar-refractivity contribution in [1.82, 2.24) is 9.80 Å². The third-order valence-corrected chi connectivity index (χ3v) is 6.55. The second-order valence-electron chi connectivity index (χ2n) is 9.67. The highest BCUT2D eigenvalue weighted by Gasteiger charge is 2.41. The zero-order valence-corrected chi connectivity index (χ0v) is 23.5. The van der Waals surface area contributed by atoms with E-state index in [2.05, 4.69) is 0 Å². The zero-order valence-electron chi connectivity index (χ0n) is 23.5. The van der Waals surface area contributed by atoms with Crippen LogP contribution in [0, 0.1) is 5.92 Å². The van der Waals surface area contributed by atoms with Gasteiger partial charge in [0.25, 0.3) is 11.8 Å². The van der Waals surface area contributed by atoms with Crippen LogP contribution in [0.15, 0.2) is 76.2 Å². The van der Waals surface area contributed by atoms with E-state index in [9.17, 15) is 18.8 Å². The number of alkyl halides is 1. The Morgan fingerprint density at radius 2 is 1.82 bits per heavy atom. The summed E-state index contributed by atoms with van der Waals surface area (Å²) in [5.41, 5.74) is 1.16. The standard InChI is InChI=1S/C30H38FN3O5/c1-7-22(14-13-20(5)38-18-16-31)34-26(32-24-12-10-9-11-23(24)29(34)36)15-17-33-28(35)21(6)27(30(33)37)25(8-2)39-19(3)4/h7-14,19-20,23-24H,15-18H2,1-6H3. The molecule has 2 heterocycles. The van der Waals surface area contributed by atoms with E-state index in [1.807, 2.05) is 38.2 Å². The number of hydrogen-bond acceptors (Lipinski definition) is 6. The minimum atomic E-state index is -0.581. The van der Waals surface area contributed by atoms with Gasteiger partial charge in [0.15, 0.2) is 0 Å². The van der Waals surface area contributed by atoms with Crippen LogP contribution in [0.25, 0.3) is 0 Å². The summed E-state index contributed by atoms with van der Waals surface area (Å²) < 4.78 is 23.7. The molecule has 0 spiro atoms. The van der Waals surface area contributed by atoms with E-state index < -0.39 is 18.5 Å². The topological polar surface area (TPSA) is 88.5 Å². The Hall–Kier alpha value is -3.59. The van der Waals surface area contributed by atoms with Crippen LogP contribution in [0.3, 0.4) is 0 Å². The first-order valence-corrected chi connectivity index (χ1v) is 13.3. The van der Waals surface area contributed by atoms with Crippen molar-refractivity contribution in [1.29, 1.82) is 0 Å². The highest BCUT2D eigenvalue weighted by atomic mass is 19.1. The number of allylic oxidation sites excluding steroid dienone is 5. The van der Waals surface area contributed by atoms with Gasteiger partial charge >= 0.3 is 0 Å². The molecule has 8 nitrogen and oxygen atoms in total. The molecule has 0 radical (unpaired) electrons. The summed E-state index contributed by atoms with van der Waals surface area (Å²) in [4.78, 5) is 47.7. The number of nitrogens with zero attached hydrogens (tertiary/aromatic N) is 3. The van der Waals surface area contributed by atoms with Crippen LogP contribution in [0.2, 0.25) is 0 Å². The van der Waals surface area contributed by atoms with Gasteiger partial charge in [-0.2, -0.15) is 0 Å². The third kappa shape index (κ3) is 6.71. The maximum absolute atomic E-state index is 13.7. The molecule has 1 aliphatic carbocycles. The van der Waals surface area contributed by atoms with Crippen molar-refractivity contribution in [3.05, 3.63) is 71.2 Å². The molecular formula is C30H38FN3O5. The number of halogens is 1. The molecule has 39 heavy (non-hydrogen) atoms. The number of amidine groups is 1. The molecule has 3 atom stereocenters. The van der Waals surface area contributed by atoms with Crippen LogP contribution >= 0.6 is 0 Å². The Balaban J connectivity index is 1.87. The van der Waals surface area contributed by atoms with Crippen LogP contribution < -0.4 is 0 Å². The van der Waals surface area contributed by atoms with Crippen LogP contribution in [0.4, 0.5) is 4.39 Å². The van der Waals surface area contributed by atoms with Gasteiger partial charge in [0.1, 0.15) is 18.3 Å². The van der Waals surface area contributed by atoms with Crippen LogP contribution in [0.1, 0.15) is 48.0 Å². The summed E-state index contributed by atoms with van der Waals surface area (Å²) in [5.74, 6) is -0.604. The SMILES string of the molecule is CC=C(OC(C)C)C1=C(C)C(=O)N(CCC2=NC3C=CC=CC3C(=O)N2C(C=CC(C)OCCF)=CC)C1=O. The summed E-state index contributed by atoms with van der Waals surface area (Å²) in [5, 5.41) is 0. The summed E-state index contributed by atoms with van der Waals surface area (Å²) in [6, 6.07) is -0.364. The second kappa shape index (κ2) is 13.5. The van der Waals surface area contributed by atoms with Crippen molar-refractivity contribution in [2.75, 3.05) is 19.8 Å². The number of rotatable bonds is 12. The maximum Gasteiger partial charge on any atom is 0.264 e. The fourth-order valence-corrected chi connectivity index (χ4v) is 4.65. The van der Waals surface area contributed by atoms with Crippen molar-refractivity contribution in [2.24, 2.45) is 10.9 Å². The Morgan fingerprint density at radius 1 is 1.10 bits per heavy atom. The average Bonchev–Trinajstić information content (AvgIpc) is 3.13. The first kappa shape index (κ1) is 30.0. The molecule has 3 aliphatic rings. The lowest BCUT2D eigenvalue weighted by atomic mass is 9.91. The van der Waals surface area contributed by atoms with Crippen LogP contribution in [-0.4, -0.2) is 71.4 Å². The first-order valence-electron chi connectivity index (χ1n) is 13.3. The Labute approximate surface area is 229 Å². The van der Waals surface area contributed by atoms with Crippen LogP contribution in [-0.2, 0) is 23.9 Å². The molecule has 0 fully saturated rings. The predicted octanol–water partition coefficient (Wildman–Crippen LogP) is 4.58. The van der Waals surface area contributed by atoms with Crippen molar-refractivity contribution >= 4 is 23.6 Å². The van der Waals surface area contributed by atoms with Gasteiger partial charge in [-0.05, 0) is 53.7 Å². The third-order valence-electron chi connectivity index (χ3n) is 6.55. The first-order chi connectivity index (χ1) is 18.6. The van der Waals surface area contributed by atoms with Gasteiger partial charge in [0.2, 0.25) is 5.91 Å². The predicted molar refractivity (Wildman–Crippen MR) is 148 cm³/mol. The van der Waals surface area contributed by atoms with E-state index in [0.717, 1.165) is 0 Å². The molecule has 3 amide bonds. The average molecular weight is 540 g/mol. The van der Waals surface area contributed by atoms with E-state index in [4.69, 9.17) is 14.5 Å². The minimum absolute atomic E-state index is 0.0165. The molecule has 0 aromatic rings. The number of carbonyl (C=O) groups excluding carboxylic acids is 3. The quantitative estimate of drug-likeness (QED) is 0.206. The summed E-state index contributed by atoms with van der Waals surface area (Å²) >= 11 is 0. The molecule has 3 rings (SSSR count). The van der Waals surface area contributed by atoms with Gasteiger partial charge in [0.05, 0.1) is 36.3 Å². The molecule has 0 aromatic heterocycles. The highest BCUT2D eigenvalue weighted by molar-refractivity contribution is 6.21. The fraction of sp³-hybridized carbons (Fsp3) is 0.467. The highest BCUT2D eigenvalue weighted by Crippen LogP contribution is 2.31. The lowest BCUT2D eigenvalue weighted by Gasteiger charge is -2.36. The molecule has 2 aliphatic heterocycles. The number of aliphatic imine (C=N–C) groups is 1. The summed E-state index contributed by atoms with van der Waals surface area (Å²) in [6.07, 6.45) is 14.0. The summed E-state index contributed by atoms with van der Waals surface area (Å²) in [6.45, 7) is 10.1. The summed E-state index contributed by atoms with van der Waals surface area (Å²) in [7, 11) is 0. The van der Waals surface area contributed by atoms with Crippen molar-refractivity contribution in [3.8, 4) is 0 Å². The lowest BCUT2D eigenvalue weighted by molar-refractivity contribution is -0.137. The number of amides is 3. The zero-order chi connectivity index (χ0) is 28.7. The van der Waals surface area contributed by atoms with Gasteiger partial charge in [-0.3, -0.25) is 29.2 Å². The molecule has 0 aromatic carbocycles. The van der Waals surface area contributed by atoms with Crippen LogP contribution in [0.5, 0.6) is 0 Å². The van der Waals surface area contributed by atoms with E-state index >= 15 is 0 Å². The Morgan fingerprint density at radius 3 is 2.46 bits per heavy atom. The van der Waals surface area contributed by atoms with Gasteiger partial charge in [-0.1, -0.05) is 36.5 Å². The van der Waals surface area contributed by atoms with E-state index in [-0.39, 0.29) is 55.2 Å². The largest absolute Gasteiger partial charge is 0.491 e. The maximum atomic E-state index is 13.7. The van der Waals surface area contributed by atoms with E-state index in [0.29, 0.717) is 22.9 Å².